The summed E-state index contributed by atoms with van der Waals surface area (Å²) in [6.45, 7) is 3.99. The maximum absolute atomic E-state index is 4.41. The summed E-state index contributed by atoms with van der Waals surface area (Å²) in [5.41, 5.74) is 3.95. The molecule has 0 aromatic carbocycles. The van der Waals surface area contributed by atoms with Gasteiger partial charge in [0.2, 0.25) is 0 Å². The smallest absolute Gasteiger partial charge is 0.0537 e. The van der Waals surface area contributed by atoms with E-state index in [1.54, 1.807) is 11.3 Å². The minimum atomic E-state index is 0.893. The summed E-state index contributed by atoms with van der Waals surface area (Å²) >= 11 is 1.75. The molecule has 0 fully saturated rings. The van der Waals surface area contributed by atoms with Gasteiger partial charge in [-0.25, -0.2) is 0 Å². The first kappa shape index (κ1) is 11.4. The van der Waals surface area contributed by atoms with E-state index < -0.39 is 0 Å². The second-order valence-electron chi connectivity index (χ2n) is 3.89. The molecule has 1 N–H and O–H groups in total. The zero-order valence-corrected chi connectivity index (χ0v) is 10.5. The molecule has 0 spiro atoms. The summed E-state index contributed by atoms with van der Waals surface area (Å²) in [7, 11) is 1.96. The van der Waals surface area contributed by atoms with Crippen LogP contribution in [-0.4, -0.2) is 16.8 Å². The minimum Gasteiger partial charge on any atom is -0.316 e. The Balaban J connectivity index is 1.99. The number of nitrogens with one attached hydrogen (secondary N) is 1. The van der Waals surface area contributed by atoms with Gasteiger partial charge in [-0.1, -0.05) is 0 Å². The number of nitrogens with zero attached hydrogens (tertiary/aromatic N) is 2. The topological polar surface area (TPSA) is 29.9 Å². The molecule has 0 radical (unpaired) electrons. The highest BCUT2D eigenvalue weighted by Crippen LogP contribution is 2.10. The van der Waals surface area contributed by atoms with Crippen molar-refractivity contribution in [1.29, 1.82) is 0 Å². The van der Waals surface area contributed by atoms with Gasteiger partial charge in [0.25, 0.3) is 0 Å². The third-order valence-electron chi connectivity index (χ3n) is 2.76. The Morgan fingerprint density at radius 3 is 3.06 bits per heavy atom. The van der Waals surface area contributed by atoms with Gasteiger partial charge in [0, 0.05) is 24.3 Å². The van der Waals surface area contributed by atoms with Gasteiger partial charge in [0.05, 0.1) is 6.20 Å². The lowest BCUT2D eigenvalue weighted by molar-refractivity contribution is 0.597. The monoisotopic (exact) mass is 235 g/mol. The van der Waals surface area contributed by atoms with Crippen LogP contribution in [-0.2, 0) is 19.5 Å². The fourth-order valence-corrected chi connectivity index (χ4v) is 2.45. The van der Waals surface area contributed by atoms with Crippen molar-refractivity contribution in [2.45, 2.75) is 26.4 Å². The van der Waals surface area contributed by atoms with E-state index in [2.05, 4.69) is 38.8 Å². The van der Waals surface area contributed by atoms with Gasteiger partial charge in [-0.15, -0.1) is 0 Å². The third kappa shape index (κ3) is 2.51. The van der Waals surface area contributed by atoms with Crippen LogP contribution in [0.4, 0.5) is 0 Å². The molecule has 4 heteroatoms. The van der Waals surface area contributed by atoms with Crippen molar-refractivity contribution in [3.05, 3.63) is 39.8 Å². The summed E-state index contributed by atoms with van der Waals surface area (Å²) in [6.07, 6.45) is 3.02. The first-order valence-corrected chi connectivity index (χ1v) is 6.42. The predicted molar refractivity (Wildman–Crippen MR) is 67.8 cm³/mol. The van der Waals surface area contributed by atoms with Crippen molar-refractivity contribution in [3.8, 4) is 0 Å². The van der Waals surface area contributed by atoms with Crippen LogP contribution in [0.25, 0.3) is 0 Å². The molecule has 0 saturated heterocycles. The van der Waals surface area contributed by atoms with Crippen molar-refractivity contribution < 1.29 is 0 Å². The molecule has 0 bridgehead atoms. The van der Waals surface area contributed by atoms with E-state index in [9.17, 15) is 0 Å². The van der Waals surface area contributed by atoms with Crippen LogP contribution >= 0.6 is 11.3 Å². The van der Waals surface area contributed by atoms with Crippen molar-refractivity contribution in [2.24, 2.45) is 0 Å². The van der Waals surface area contributed by atoms with Crippen LogP contribution in [0.5, 0.6) is 0 Å². The maximum atomic E-state index is 4.41. The van der Waals surface area contributed by atoms with Crippen molar-refractivity contribution >= 4 is 11.3 Å². The minimum absolute atomic E-state index is 0.893. The normalized spacial score (nSPS) is 10.9. The van der Waals surface area contributed by atoms with E-state index in [1.165, 1.54) is 16.8 Å². The second-order valence-corrected chi connectivity index (χ2v) is 4.67. The predicted octanol–water partition coefficient (Wildman–Crippen LogP) is 2.22. The van der Waals surface area contributed by atoms with Crippen LogP contribution in [0, 0.1) is 6.92 Å². The molecule has 3 nitrogen and oxygen atoms in total. The number of rotatable bonds is 5. The van der Waals surface area contributed by atoms with Crippen molar-refractivity contribution in [2.75, 3.05) is 7.05 Å². The summed E-state index contributed by atoms with van der Waals surface area (Å²) < 4.78 is 2.09. The maximum Gasteiger partial charge on any atom is 0.0537 e. The van der Waals surface area contributed by atoms with E-state index >= 15 is 0 Å². The zero-order valence-electron chi connectivity index (χ0n) is 9.73. The highest BCUT2D eigenvalue weighted by atomic mass is 32.1. The molecule has 0 saturated carbocycles. The van der Waals surface area contributed by atoms with Crippen LogP contribution in [0.3, 0.4) is 0 Å². The SMILES string of the molecule is CNCc1cnn(CCc2ccsc2)c1C. The first-order valence-electron chi connectivity index (χ1n) is 5.48. The molecule has 0 aliphatic rings. The number of aromatic nitrogens is 2. The van der Waals surface area contributed by atoms with Gasteiger partial charge < -0.3 is 5.32 Å². The Morgan fingerprint density at radius 2 is 2.38 bits per heavy atom. The Morgan fingerprint density at radius 1 is 1.50 bits per heavy atom. The van der Waals surface area contributed by atoms with E-state index in [0.29, 0.717) is 0 Å². The molecular weight excluding hydrogens is 218 g/mol. The Labute approximate surface area is 100 Å². The molecule has 0 amide bonds. The van der Waals surface area contributed by atoms with E-state index in [4.69, 9.17) is 0 Å². The first-order chi connectivity index (χ1) is 7.81. The second kappa shape index (κ2) is 5.27. The molecule has 2 aromatic heterocycles. The van der Waals surface area contributed by atoms with Crippen molar-refractivity contribution in [3.63, 3.8) is 0 Å². The highest BCUT2D eigenvalue weighted by Gasteiger charge is 2.05. The quantitative estimate of drug-likeness (QED) is 0.861. The Kier molecular flexibility index (Phi) is 3.74. The molecule has 2 rings (SSSR count). The summed E-state index contributed by atoms with van der Waals surface area (Å²) in [5.74, 6) is 0. The number of hydrogen-bond donors (Lipinski definition) is 1. The van der Waals surface area contributed by atoms with Crippen molar-refractivity contribution in [1.82, 2.24) is 15.1 Å². The van der Waals surface area contributed by atoms with Crippen LogP contribution < -0.4 is 5.32 Å². The average molecular weight is 235 g/mol. The van der Waals surface area contributed by atoms with Gasteiger partial charge in [0.1, 0.15) is 0 Å². The molecule has 0 aliphatic heterocycles. The van der Waals surface area contributed by atoms with Gasteiger partial charge in [-0.2, -0.15) is 16.4 Å². The molecule has 16 heavy (non-hydrogen) atoms. The van der Waals surface area contributed by atoms with Gasteiger partial charge >= 0.3 is 0 Å². The number of thiophene rings is 1. The molecular formula is C12H17N3S. The number of aryl methyl sites for hydroxylation is 2. The average Bonchev–Trinajstić information content (AvgIpc) is 2.89. The van der Waals surface area contributed by atoms with Gasteiger partial charge in [-0.05, 0) is 42.8 Å². The van der Waals surface area contributed by atoms with E-state index in [0.717, 1.165) is 19.5 Å². The standard InChI is InChI=1S/C12H17N3S/c1-10-12(7-13-2)8-14-15(10)5-3-11-4-6-16-9-11/h4,6,8-9,13H,3,5,7H2,1-2H3. The van der Waals surface area contributed by atoms with Crippen LogP contribution in [0.1, 0.15) is 16.8 Å². The summed E-state index contributed by atoms with van der Waals surface area (Å²) in [5, 5.41) is 11.9. The lowest BCUT2D eigenvalue weighted by Crippen LogP contribution is -2.08. The van der Waals surface area contributed by atoms with Crippen LogP contribution in [0.2, 0.25) is 0 Å². The van der Waals surface area contributed by atoms with E-state index in [1.807, 2.05) is 13.2 Å². The number of hydrogen-bond acceptors (Lipinski definition) is 3. The fourth-order valence-electron chi connectivity index (χ4n) is 1.74. The van der Waals surface area contributed by atoms with Crippen LogP contribution in [0.15, 0.2) is 23.0 Å². The third-order valence-corrected chi connectivity index (χ3v) is 3.50. The summed E-state index contributed by atoms with van der Waals surface area (Å²) in [6, 6.07) is 2.18. The molecule has 0 atom stereocenters. The fraction of sp³-hybridized carbons (Fsp3) is 0.417. The van der Waals surface area contributed by atoms with E-state index in [-0.39, 0.29) is 0 Å². The summed E-state index contributed by atoms with van der Waals surface area (Å²) in [4.78, 5) is 0. The lowest BCUT2D eigenvalue weighted by atomic mass is 10.2. The highest BCUT2D eigenvalue weighted by molar-refractivity contribution is 7.07. The largest absolute Gasteiger partial charge is 0.316 e. The molecule has 2 aromatic rings. The molecule has 86 valence electrons. The van der Waals surface area contributed by atoms with Gasteiger partial charge in [-0.3, -0.25) is 4.68 Å². The lowest BCUT2D eigenvalue weighted by Gasteiger charge is -2.04. The molecule has 0 aliphatic carbocycles. The van der Waals surface area contributed by atoms with Gasteiger partial charge in [0.15, 0.2) is 0 Å². The Hall–Kier alpha value is -1.13. The molecule has 0 unspecified atom stereocenters. The zero-order chi connectivity index (χ0) is 11.4. The molecule has 2 heterocycles. The Bertz CT molecular complexity index is 431.